The largest absolute Gasteiger partial charge is 0.356 e. The van der Waals surface area contributed by atoms with Crippen LogP contribution >= 0.6 is 0 Å². The number of nitrogens with zero attached hydrogens (tertiary/aromatic N) is 3. The first-order chi connectivity index (χ1) is 14.5. The number of aromatic nitrogens is 2. The number of aryl methyl sites for hydroxylation is 1. The molecule has 166 valence electrons. The third kappa shape index (κ3) is 6.31. The average molecular weight is 415 g/mol. The Morgan fingerprint density at radius 1 is 1.07 bits per heavy atom. The predicted molar refractivity (Wildman–Crippen MR) is 122 cm³/mol. The van der Waals surface area contributed by atoms with E-state index in [1.54, 1.807) is 0 Å². The number of amides is 2. The molecule has 2 amide bonds. The van der Waals surface area contributed by atoms with E-state index in [1.807, 2.05) is 43.0 Å². The van der Waals surface area contributed by atoms with Crippen molar-refractivity contribution < 1.29 is 9.59 Å². The van der Waals surface area contributed by atoms with Crippen molar-refractivity contribution in [3.05, 3.63) is 30.1 Å². The van der Waals surface area contributed by atoms with E-state index in [2.05, 4.69) is 23.7 Å². The zero-order valence-electron chi connectivity index (χ0n) is 19.1. The fourth-order valence-electron chi connectivity index (χ4n) is 3.89. The van der Waals surface area contributed by atoms with Crippen molar-refractivity contribution in [1.29, 1.82) is 0 Å². The lowest BCUT2D eigenvalue weighted by molar-refractivity contribution is -0.132. The standard InChI is InChI=1S/C24H38N4O2/c1-5-16-27(17-6-2)23(29)18-28-21-13-10-9-12-20(21)26-22(28)14-11-15-25-24(30)19(7-3)8-4/h9-10,12-13,19H,5-8,11,14-18H2,1-4H3,(H,25,30). The number of carbonyl (C=O) groups is 2. The van der Waals surface area contributed by atoms with Crippen LogP contribution in [0.15, 0.2) is 24.3 Å². The quantitative estimate of drug-likeness (QED) is 0.500. The Bertz CT molecular complexity index is 805. The Morgan fingerprint density at radius 3 is 2.37 bits per heavy atom. The summed E-state index contributed by atoms with van der Waals surface area (Å²) in [7, 11) is 0. The summed E-state index contributed by atoms with van der Waals surface area (Å²) in [5, 5.41) is 3.05. The van der Waals surface area contributed by atoms with Crippen LogP contribution in [0.25, 0.3) is 11.0 Å². The predicted octanol–water partition coefficient (Wildman–Crippen LogP) is 4.17. The van der Waals surface area contributed by atoms with Gasteiger partial charge in [0.05, 0.1) is 11.0 Å². The molecule has 6 heteroatoms. The highest BCUT2D eigenvalue weighted by Gasteiger charge is 2.18. The monoisotopic (exact) mass is 414 g/mol. The normalized spacial score (nSPS) is 11.2. The van der Waals surface area contributed by atoms with Gasteiger partial charge in [-0.25, -0.2) is 4.98 Å². The van der Waals surface area contributed by atoms with Crippen LogP contribution in [0.5, 0.6) is 0 Å². The van der Waals surface area contributed by atoms with Crippen LogP contribution in [-0.4, -0.2) is 45.9 Å². The lowest BCUT2D eigenvalue weighted by atomic mass is 10.0. The molecule has 0 aliphatic rings. The van der Waals surface area contributed by atoms with E-state index in [9.17, 15) is 9.59 Å². The molecular formula is C24H38N4O2. The molecule has 1 aromatic carbocycles. The van der Waals surface area contributed by atoms with Crippen molar-refractivity contribution in [2.75, 3.05) is 19.6 Å². The Morgan fingerprint density at radius 2 is 1.73 bits per heavy atom. The molecule has 0 spiro atoms. The molecule has 0 bridgehead atoms. The molecule has 0 unspecified atom stereocenters. The van der Waals surface area contributed by atoms with Gasteiger partial charge in [-0.05, 0) is 44.2 Å². The Hall–Kier alpha value is -2.37. The van der Waals surface area contributed by atoms with E-state index < -0.39 is 0 Å². The molecule has 1 aromatic heterocycles. The van der Waals surface area contributed by atoms with Gasteiger partial charge >= 0.3 is 0 Å². The molecule has 6 nitrogen and oxygen atoms in total. The lowest BCUT2D eigenvalue weighted by Gasteiger charge is -2.22. The lowest BCUT2D eigenvalue weighted by Crippen LogP contribution is -2.35. The molecule has 0 aliphatic carbocycles. The van der Waals surface area contributed by atoms with Gasteiger partial charge in [0.2, 0.25) is 11.8 Å². The zero-order chi connectivity index (χ0) is 21.9. The van der Waals surface area contributed by atoms with Crippen molar-refractivity contribution in [1.82, 2.24) is 19.8 Å². The first kappa shape index (κ1) is 23.9. The minimum absolute atomic E-state index is 0.0929. The number of carbonyl (C=O) groups excluding carboxylic acids is 2. The van der Waals surface area contributed by atoms with Crippen molar-refractivity contribution in [3.8, 4) is 0 Å². The van der Waals surface area contributed by atoms with Crippen LogP contribution < -0.4 is 5.32 Å². The molecule has 2 rings (SSSR count). The summed E-state index contributed by atoms with van der Waals surface area (Å²) in [6.07, 6.45) is 5.18. The van der Waals surface area contributed by atoms with E-state index >= 15 is 0 Å². The minimum atomic E-state index is 0.0929. The van der Waals surface area contributed by atoms with E-state index in [1.165, 1.54) is 0 Å². The highest BCUT2D eigenvalue weighted by atomic mass is 16.2. The Balaban J connectivity index is 2.09. The van der Waals surface area contributed by atoms with Gasteiger partial charge in [0, 0.05) is 32.0 Å². The van der Waals surface area contributed by atoms with Crippen LogP contribution in [0.4, 0.5) is 0 Å². The van der Waals surface area contributed by atoms with Gasteiger partial charge in [-0.3, -0.25) is 9.59 Å². The van der Waals surface area contributed by atoms with Crippen LogP contribution in [0.2, 0.25) is 0 Å². The number of fused-ring (bicyclic) bond motifs is 1. The zero-order valence-corrected chi connectivity index (χ0v) is 19.1. The second-order valence-electron chi connectivity index (χ2n) is 7.89. The molecule has 0 atom stereocenters. The number of nitrogens with one attached hydrogen (secondary N) is 1. The van der Waals surface area contributed by atoms with Gasteiger partial charge in [0.25, 0.3) is 0 Å². The number of imidazole rings is 1. The number of para-hydroxylation sites is 2. The van der Waals surface area contributed by atoms with Crippen molar-refractivity contribution in [3.63, 3.8) is 0 Å². The maximum atomic E-state index is 13.0. The number of benzene rings is 1. The summed E-state index contributed by atoms with van der Waals surface area (Å²) in [5.41, 5.74) is 1.91. The van der Waals surface area contributed by atoms with Crippen LogP contribution in [0.3, 0.4) is 0 Å². The fraction of sp³-hybridized carbons (Fsp3) is 0.625. The molecular weight excluding hydrogens is 376 g/mol. The number of hydrogen-bond acceptors (Lipinski definition) is 3. The van der Waals surface area contributed by atoms with Gasteiger partial charge in [0.15, 0.2) is 0 Å². The SMILES string of the molecule is CCCN(CCC)C(=O)Cn1c(CCCNC(=O)C(CC)CC)nc2ccccc21. The van der Waals surface area contributed by atoms with Gasteiger partial charge in [0.1, 0.15) is 12.4 Å². The van der Waals surface area contributed by atoms with Crippen LogP contribution in [0.1, 0.15) is 65.6 Å². The smallest absolute Gasteiger partial charge is 0.242 e. The molecule has 30 heavy (non-hydrogen) atoms. The summed E-state index contributed by atoms with van der Waals surface area (Å²) in [4.78, 5) is 31.9. The van der Waals surface area contributed by atoms with Gasteiger partial charge in [-0.15, -0.1) is 0 Å². The second-order valence-corrected chi connectivity index (χ2v) is 7.89. The Kier molecular flexibility index (Phi) is 9.84. The summed E-state index contributed by atoms with van der Waals surface area (Å²) < 4.78 is 2.05. The fourth-order valence-corrected chi connectivity index (χ4v) is 3.89. The molecule has 0 saturated carbocycles. The van der Waals surface area contributed by atoms with Crippen molar-refractivity contribution in [2.45, 2.75) is 72.8 Å². The molecule has 0 aliphatic heterocycles. The van der Waals surface area contributed by atoms with E-state index in [4.69, 9.17) is 4.98 Å². The minimum Gasteiger partial charge on any atom is -0.356 e. The summed E-state index contributed by atoms with van der Waals surface area (Å²) in [5.74, 6) is 1.29. The van der Waals surface area contributed by atoms with E-state index in [-0.39, 0.29) is 17.7 Å². The van der Waals surface area contributed by atoms with Crippen LogP contribution in [-0.2, 0) is 22.6 Å². The topological polar surface area (TPSA) is 67.2 Å². The van der Waals surface area contributed by atoms with Gasteiger partial charge in [-0.1, -0.05) is 39.8 Å². The summed E-state index contributed by atoms with van der Waals surface area (Å²) >= 11 is 0. The average Bonchev–Trinajstić information content (AvgIpc) is 3.09. The van der Waals surface area contributed by atoms with Gasteiger partial charge < -0.3 is 14.8 Å². The first-order valence-electron chi connectivity index (χ1n) is 11.5. The van der Waals surface area contributed by atoms with E-state index in [0.29, 0.717) is 13.1 Å². The van der Waals surface area contributed by atoms with Crippen molar-refractivity contribution in [2.24, 2.45) is 5.92 Å². The molecule has 0 fully saturated rings. The molecule has 2 aromatic rings. The number of hydrogen-bond donors (Lipinski definition) is 1. The summed E-state index contributed by atoms with van der Waals surface area (Å²) in [6.45, 7) is 10.8. The maximum absolute atomic E-state index is 13.0. The molecule has 0 radical (unpaired) electrons. The third-order valence-corrected chi connectivity index (χ3v) is 5.60. The first-order valence-corrected chi connectivity index (χ1v) is 11.5. The maximum Gasteiger partial charge on any atom is 0.242 e. The molecule has 1 N–H and O–H groups in total. The van der Waals surface area contributed by atoms with E-state index in [0.717, 1.165) is 68.5 Å². The number of rotatable bonds is 13. The van der Waals surface area contributed by atoms with Gasteiger partial charge in [-0.2, -0.15) is 0 Å². The summed E-state index contributed by atoms with van der Waals surface area (Å²) in [6, 6.07) is 7.98. The molecule has 0 saturated heterocycles. The second kappa shape index (κ2) is 12.4. The highest BCUT2D eigenvalue weighted by Crippen LogP contribution is 2.18. The molecule has 1 heterocycles. The Labute approximate surface area is 181 Å². The van der Waals surface area contributed by atoms with Crippen LogP contribution in [0, 0.1) is 5.92 Å². The highest BCUT2D eigenvalue weighted by molar-refractivity contribution is 5.81. The third-order valence-electron chi connectivity index (χ3n) is 5.60. The van der Waals surface area contributed by atoms with Crippen molar-refractivity contribution >= 4 is 22.8 Å².